The van der Waals surface area contributed by atoms with Gasteiger partial charge in [-0.15, -0.1) is 11.3 Å². The molecule has 3 atom stereocenters. The van der Waals surface area contributed by atoms with Crippen LogP contribution in [0.1, 0.15) is 50.0 Å². The molecule has 2 unspecified atom stereocenters. The first-order valence-electron chi connectivity index (χ1n) is 9.21. The third-order valence-electron chi connectivity index (χ3n) is 5.30. The first-order chi connectivity index (χ1) is 11.9. The number of hydrogen-bond acceptors (Lipinski definition) is 4. The van der Waals surface area contributed by atoms with Gasteiger partial charge in [0, 0.05) is 4.88 Å². The highest BCUT2D eigenvalue weighted by Gasteiger charge is 2.38. The molecule has 1 amide bonds. The van der Waals surface area contributed by atoms with E-state index >= 15 is 0 Å². The van der Waals surface area contributed by atoms with E-state index in [2.05, 4.69) is 22.5 Å². The quantitative estimate of drug-likeness (QED) is 0.768. The number of hydrogen-bond donors (Lipinski definition) is 2. The number of nitrogens with one attached hydrogen (secondary N) is 1. The first kappa shape index (κ1) is 19.9. The Morgan fingerprint density at radius 3 is 2.64 bits per heavy atom. The topological polar surface area (TPSA) is 69.6 Å². The van der Waals surface area contributed by atoms with Crippen molar-refractivity contribution >= 4 is 28.9 Å². The van der Waals surface area contributed by atoms with E-state index in [9.17, 15) is 14.7 Å². The van der Waals surface area contributed by atoms with E-state index in [4.69, 9.17) is 0 Å². The largest absolute Gasteiger partial charge is 0.481 e. The van der Waals surface area contributed by atoms with Crippen LogP contribution in [0.5, 0.6) is 0 Å². The van der Waals surface area contributed by atoms with Crippen molar-refractivity contribution in [2.75, 3.05) is 18.4 Å². The highest BCUT2D eigenvalue weighted by atomic mass is 32.1. The fourth-order valence-electron chi connectivity index (χ4n) is 3.91. The molecule has 0 saturated carbocycles. The lowest BCUT2D eigenvalue weighted by molar-refractivity contribution is -0.145. The van der Waals surface area contributed by atoms with E-state index in [-0.39, 0.29) is 23.8 Å². The van der Waals surface area contributed by atoms with Crippen LogP contribution in [0.4, 0.5) is 5.69 Å². The van der Waals surface area contributed by atoms with E-state index in [0.717, 1.165) is 42.1 Å². The van der Waals surface area contributed by atoms with Crippen LogP contribution >= 0.6 is 11.3 Å². The third kappa shape index (κ3) is 4.61. The number of rotatable bonds is 7. The molecule has 0 aliphatic carbocycles. The summed E-state index contributed by atoms with van der Waals surface area (Å²) in [6.45, 7) is 9.71. The number of thiophene rings is 1. The van der Waals surface area contributed by atoms with Gasteiger partial charge in [-0.05, 0) is 69.5 Å². The molecule has 1 aromatic heterocycles. The van der Waals surface area contributed by atoms with Crippen LogP contribution in [0.15, 0.2) is 5.38 Å². The van der Waals surface area contributed by atoms with E-state index in [0.29, 0.717) is 12.8 Å². The molecule has 5 nitrogen and oxygen atoms in total. The zero-order valence-corrected chi connectivity index (χ0v) is 16.5. The minimum atomic E-state index is -0.736. The predicted molar refractivity (Wildman–Crippen MR) is 102 cm³/mol. The van der Waals surface area contributed by atoms with Gasteiger partial charge in [0.2, 0.25) is 5.91 Å². The average Bonchev–Trinajstić information content (AvgIpc) is 2.88. The lowest BCUT2D eigenvalue weighted by atomic mass is 9.79. The Morgan fingerprint density at radius 1 is 1.40 bits per heavy atom. The SMILES string of the molecule is CCCN1CCC(C(CC)C(=O)O)C[C@H]1C(=O)Nc1c(C)csc1C. The van der Waals surface area contributed by atoms with Crippen LogP contribution in [0, 0.1) is 25.7 Å². The van der Waals surface area contributed by atoms with Gasteiger partial charge < -0.3 is 10.4 Å². The summed E-state index contributed by atoms with van der Waals surface area (Å²) >= 11 is 1.64. The molecule has 140 valence electrons. The van der Waals surface area contributed by atoms with Crippen molar-refractivity contribution in [1.29, 1.82) is 0 Å². The molecule has 1 aliphatic heterocycles. The van der Waals surface area contributed by atoms with Crippen LogP contribution in [0.3, 0.4) is 0 Å². The maximum atomic E-state index is 13.0. The molecule has 0 radical (unpaired) electrons. The highest BCUT2D eigenvalue weighted by molar-refractivity contribution is 7.10. The number of carboxylic acids is 1. The Bertz CT molecular complexity index is 594. The summed E-state index contributed by atoms with van der Waals surface area (Å²) in [5.41, 5.74) is 2.00. The number of carboxylic acid groups (broad SMARTS) is 1. The van der Waals surface area contributed by atoms with Gasteiger partial charge in [0.25, 0.3) is 0 Å². The monoisotopic (exact) mass is 366 g/mol. The van der Waals surface area contributed by atoms with Crippen LogP contribution in [0.25, 0.3) is 0 Å². The van der Waals surface area contributed by atoms with E-state index in [1.54, 1.807) is 11.3 Å². The maximum Gasteiger partial charge on any atom is 0.306 e. The summed E-state index contributed by atoms with van der Waals surface area (Å²) in [5, 5.41) is 14.6. The summed E-state index contributed by atoms with van der Waals surface area (Å²) in [7, 11) is 0. The molecule has 2 N–H and O–H groups in total. The molecular formula is C19H30N2O3S. The minimum Gasteiger partial charge on any atom is -0.481 e. The zero-order chi connectivity index (χ0) is 18.6. The molecule has 2 rings (SSSR count). The molecule has 1 saturated heterocycles. The fourth-order valence-corrected chi connectivity index (χ4v) is 4.71. The van der Waals surface area contributed by atoms with E-state index in [1.165, 1.54) is 0 Å². The summed E-state index contributed by atoms with van der Waals surface area (Å²) in [6.07, 6.45) is 3.08. The Morgan fingerprint density at radius 2 is 2.12 bits per heavy atom. The Balaban J connectivity index is 2.16. The van der Waals surface area contributed by atoms with Crippen molar-refractivity contribution < 1.29 is 14.7 Å². The Kier molecular flexibility index (Phi) is 7.02. The van der Waals surface area contributed by atoms with Crippen molar-refractivity contribution in [3.8, 4) is 0 Å². The van der Waals surface area contributed by atoms with Crippen LogP contribution in [-0.4, -0.2) is 41.0 Å². The molecule has 0 bridgehead atoms. The molecular weight excluding hydrogens is 336 g/mol. The molecule has 1 fully saturated rings. The summed E-state index contributed by atoms with van der Waals surface area (Å²) < 4.78 is 0. The first-order valence-corrected chi connectivity index (χ1v) is 10.1. The Labute approximate surface area is 154 Å². The summed E-state index contributed by atoms with van der Waals surface area (Å²) in [6, 6.07) is -0.245. The standard InChI is InChI=1S/C19H30N2O3S/c1-5-8-21-9-7-14(15(6-2)19(23)24)10-16(21)18(22)20-17-12(3)11-25-13(17)4/h11,14-16H,5-10H2,1-4H3,(H,20,22)(H,23,24)/t14?,15?,16-/m0/s1. The number of aryl methyl sites for hydroxylation is 2. The number of anilines is 1. The van der Waals surface area contributed by atoms with Gasteiger partial charge in [0.1, 0.15) is 0 Å². The second-order valence-electron chi connectivity index (χ2n) is 7.03. The van der Waals surface area contributed by atoms with Crippen LogP contribution < -0.4 is 5.32 Å². The number of likely N-dealkylation sites (tertiary alicyclic amines) is 1. The van der Waals surface area contributed by atoms with Crippen molar-refractivity contribution in [3.63, 3.8) is 0 Å². The third-order valence-corrected chi connectivity index (χ3v) is 6.33. The average molecular weight is 367 g/mol. The molecule has 2 heterocycles. The Hall–Kier alpha value is -1.40. The molecule has 25 heavy (non-hydrogen) atoms. The predicted octanol–water partition coefficient (Wildman–Crippen LogP) is 3.90. The molecule has 0 aromatic carbocycles. The normalized spacial score (nSPS) is 22.6. The second-order valence-corrected chi connectivity index (χ2v) is 8.11. The zero-order valence-electron chi connectivity index (χ0n) is 15.7. The highest BCUT2D eigenvalue weighted by Crippen LogP contribution is 2.33. The number of piperidine rings is 1. The van der Waals surface area contributed by atoms with Gasteiger partial charge in [-0.1, -0.05) is 13.8 Å². The smallest absolute Gasteiger partial charge is 0.306 e. The van der Waals surface area contributed by atoms with Gasteiger partial charge in [0.05, 0.1) is 17.6 Å². The van der Waals surface area contributed by atoms with Gasteiger partial charge in [-0.25, -0.2) is 0 Å². The number of carbonyl (C=O) groups is 2. The van der Waals surface area contributed by atoms with Crippen LogP contribution in [0.2, 0.25) is 0 Å². The lowest BCUT2D eigenvalue weighted by Gasteiger charge is -2.40. The summed E-state index contributed by atoms with van der Waals surface area (Å²) in [5.74, 6) is -1.03. The van der Waals surface area contributed by atoms with E-state index < -0.39 is 5.97 Å². The van der Waals surface area contributed by atoms with Crippen molar-refractivity contribution in [1.82, 2.24) is 4.90 Å². The second kappa shape index (κ2) is 8.81. The number of amides is 1. The maximum absolute atomic E-state index is 13.0. The van der Waals surface area contributed by atoms with Gasteiger partial charge in [0.15, 0.2) is 0 Å². The van der Waals surface area contributed by atoms with E-state index in [1.807, 2.05) is 20.8 Å². The van der Waals surface area contributed by atoms with Gasteiger partial charge in [-0.2, -0.15) is 0 Å². The lowest BCUT2D eigenvalue weighted by Crippen LogP contribution is -2.51. The molecule has 1 aromatic rings. The van der Waals surface area contributed by atoms with Gasteiger partial charge >= 0.3 is 5.97 Å². The fraction of sp³-hybridized carbons (Fsp3) is 0.684. The van der Waals surface area contributed by atoms with Gasteiger partial charge in [-0.3, -0.25) is 14.5 Å². The van der Waals surface area contributed by atoms with Crippen molar-refractivity contribution in [2.24, 2.45) is 11.8 Å². The molecule has 1 aliphatic rings. The summed E-state index contributed by atoms with van der Waals surface area (Å²) in [4.78, 5) is 27.9. The number of aliphatic carboxylic acids is 1. The molecule has 6 heteroatoms. The minimum absolute atomic E-state index is 0.00277. The van der Waals surface area contributed by atoms with Crippen LogP contribution in [-0.2, 0) is 9.59 Å². The number of nitrogens with zero attached hydrogens (tertiary/aromatic N) is 1. The number of carbonyl (C=O) groups excluding carboxylic acids is 1. The molecule has 0 spiro atoms. The van der Waals surface area contributed by atoms with Crippen molar-refractivity contribution in [3.05, 3.63) is 15.8 Å². The van der Waals surface area contributed by atoms with Crippen molar-refractivity contribution in [2.45, 2.75) is 59.4 Å².